The quantitative estimate of drug-likeness (QED) is 0.609. The molecule has 0 aliphatic carbocycles. The summed E-state index contributed by atoms with van der Waals surface area (Å²) in [6.07, 6.45) is 3.67. The van der Waals surface area contributed by atoms with Gasteiger partial charge in [0.1, 0.15) is 11.9 Å². The fraction of sp³-hybridized carbons (Fsp3) is 0.148. The topological polar surface area (TPSA) is 69.7 Å². The summed E-state index contributed by atoms with van der Waals surface area (Å²) in [6, 6.07) is 20.9. The molecule has 0 bridgehead atoms. The maximum atomic E-state index is 14.6. The Morgan fingerprint density at radius 3 is 2.29 bits per heavy atom. The highest BCUT2D eigenvalue weighted by Crippen LogP contribution is 2.53. The number of carbonyl (C=O) groups excluding carboxylic acids is 3. The molecule has 0 saturated carbocycles. The molecule has 3 aliphatic rings. The average molecular weight is 453 g/mol. The molecule has 1 N–H and O–H groups in total. The average Bonchev–Trinajstić information content (AvgIpc) is 3.33. The second kappa shape index (κ2) is 7.66. The van der Waals surface area contributed by atoms with Gasteiger partial charge in [0.15, 0.2) is 0 Å². The van der Waals surface area contributed by atoms with Gasteiger partial charge in [-0.15, -0.1) is 0 Å². The molecule has 0 radical (unpaired) electrons. The standard InChI is InChI=1S/C27H20FN3O3/c28-19-12-6-7-13-20(19)31-26(33)21-22(27(31)34)24(25(32)29-17-9-2-1-3-10-17)30-15-14-16-8-4-5-11-18(16)23(21)30/h1-15,21-24H,(H,29,32)/t21-,22+,23-,24-/m0/s1. The van der Waals surface area contributed by atoms with Crippen molar-refractivity contribution in [2.75, 3.05) is 10.2 Å². The first-order valence-electron chi connectivity index (χ1n) is 11.1. The van der Waals surface area contributed by atoms with E-state index in [2.05, 4.69) is 5.32 Å². The highest BCUT2D eigenvalue weighted by Gasteiger charge is 2.64. The molecule has 2 fully saturated rings. The zero-order chi connectivity index (χ0) is 23.4. The van der Waals surface area contributed by atoms with Gasteiger partial charge in [0.25, 0.3) is 0 Å². The summed E-state index contributed by atoms with van der Waals surface area (Å²) in [6.45, 7) is 0. The van der Waals surface area contributed by atoms with Gasteiger partial charge < -0.3 is 10.2 Å². The van der Waals surface area contributed by atoms with Crippen LogP contribution in [0, 0.1) is 17.7 Å². The third-order valence-electron chi connectivity index (χ3n) is 6.86. The lowest BCUT2D eigenvalue weighted by molar-refractivity contribution is -0.128. The van der Waals surface area contributed by atoms with Crippen LogP contribution in [0.2, 0.25) is 0 Å². The molecule has 6 rings (SSSR count). The Hall–Kier alpha value is -4.26. The van der Waals surface area contributed by atoms with Crippen LogP contribution >= 0.6 is 0 Å². The Labute approximate surface area is 195 Å². The highest BCUT2D eigenvalue weighted by molar-refractivity contribution is 6.24. The number of carbonyl (C=O) groups is 3. The van der Waals surface area contributed by atoms with Crippen LogP contribution in [0.5, 0.6) is 0 Å². The van der Waals surface area contributed by atoms with Crippen molar-refractivity contribution in [1.82, 2.24) is 4.90 Å². The maximum Gasteiger partial charge on any atom is 0.247 e. The van der Waals surface area contributed by atoms with Crippen molar-refractivity contribution in [2.45, 2.75) is 12.1 Å². The number of amides is 3. The molecule has 7 heteroatoms. The van der Waals surface area contributed by atoms with Crippen LogP contribution < -0.4 is 10.2 Å². The Kier molecular flexibility index (Phi) is 4.58. The zero-order valence-corrected chi connectivity index (χ0v) is 18.0. The molecule has 6 nitrogen and oxygen atoms in total. The van der Waals surface area contributed by atoms with E-state index < -0.39 is 41.6 Å². The fourth-order valence-electron chi connectivity index (χ4n) is 5.47. The molecule has 3 aromatic rings. The second-order valence-electron chi connectivity index (χ2n) is 8.65. The molecule has 0 spiro atoms. The lowest BCUT2D eigenvalue weighted by atomic mass is 9.84. The van der Waals surface area contributed by atoms with Crippen molar-refractivity contribution in [3.63, 3.8) is 0 Å². The molecule has 2 saturated heterocycles. The number of anilines is 2. The van der Waals surface area contributed by atoms with Crippen LogP contribution in [-0.2, 0) is 14.4 Å². The van der Waals surface area contributed by atoms with Crippen LogP contribution in [0.1, 0.15) is 17.2 Å². The van der Waals surface area contributed by atoms with Crippen LogP contribution in [0.15, 0.2) is 85.1 Å². The molecule has 3 amide bonds. The molecule has 4 atom stereocenters. The predicted octanol–water partition coefficient (Wildman–Crippen LogP) is 3.98. The van der Waals surface area contributed by atoms with E-state index >= 15 is 0 Å². The number of halogens is 1. The first-order chi connectivity index (χ1) is 16.6. The summed E-state index contributed by atoms with van der Waals surface area (Å²) in [5.41, 5.74) is 2.31. The number of imide groups is 1. The van der Waals surface area contributed by atoms with Crippen molar-refractivity contribution in [1.29, 1.82) is 0 Å². The summed E-state index contributed by atoms with van der Waals surface area (Å²) in [7, 11) is 0. The second-order valence-corrected chi connectivity index (χ2v) is 8.65. The molecule has 168 valence electrons. The summed E-state index contributed by atoms with van der Waals surface area (Å²) in [5, 5.41) is 2.88. The van der Waals surface area contributed by atoms with Gasteiger partial charge in [0.2, 0.25) is 17.7 Å². The van der Waals surface area contributed by atoms with Gasteiger partial charge in [-0.2, -0.15) is 0 Å². The summed E-state index contributed by atoms with van der Waals surface area (Å²) in [4.78, 5) is 43.7. The number of para-hydroxylation sites is 2. The van der Waals surface area contributed by atoms with Gasteiger partial charge in [0.05, 0.1) is 23.6 Å². The number of rotatable bonds is 3. The Bertz CT molecular complexity index is 1360. The highest BCUT2D eigenvalue weighted by atomic mass is 19.1. The first kappa shape index (κ1) is 20.4. The van der Waals surface area contributed by atoms with Gasteiger partial charge in [0, 0.05) is 11.9 Å². The molecular formula is C27H20FN3O3. The first-order valence-corrected chi connectivity index (χ1v) is 11.1. The van der Waals surface area contributed by atoms with E-state index in [4.69, 9.17) is 0 Å². The molecule has 3 aliphatic heterocycles. The van der Waals surface area contributed by atoms with Crippen molar-refractivity contribution < 1.29 is 18.8 Å². The number of benzene rings is 3. The fourth-order valence-corrected chi connectivity index (χ4v) is 5.47. The lowest BCUT2D eigenvalue weighted by Crippen LogP contribution is -2.46. The number of hydrogen-bond donors (Lipinski definition) is 1. The zero-order valence-electron chi connectivity index (χ0n) is 18.0. The number of hydrogen-bond acceptors (Lipinski definition) is 4. The van der Waals surface area contributed by atoms with E-state index in [1.165, 1.54) is 18.2 Å². The minimum absolute atomic E-state index is 0.0831. The van der Waals surface area contributed by atoms with Crippen molar-refractivity contribution in [3.8, 4) is 0 Å². The molecule has 34 heavy (non-hydrogen) atoms. The van der Waals surface area contributed by atoms with Gasteiger partial charge in [-0.3, -0.25) is 14.4 Å². The van der Waals surface area contributed by atoms with E-state index in [-0.39, 0.29) is 11.6 Å². The molecule has 0 unspecified atom stereocenters. The Morgan fingerprint density at radius 2 is 1.50 bits per heavy atom. The molecular weight excluding hydrogens is 433 g/mol. The SMILES string of the molecule is O=C(Nc1ccccc1)[C@@H]1[C@@H]2C(=O)N(c3ccccc3F)C(=O)[C@@H]2[C@@H]2c3ccccc3C=CN12. The summed E-state index contributed by atoms with van der Waals surface area (Å²) < 4.78 is 14.6. The van der Waals surface area contributed by atoms with E-state index in [1.54, 1.807) is 36.5 Å². The molecule has 3 heterocycles. The smallest absolute Gasteiger partial charge is 0.247 e. The van der Waals surface area contributed by atoms with Gasteiger partial charge >= 0.3 is 0 Å². The van der Waals surface area contributed by atoms with Crippen LogP contribution in [0.25, 0.3) is 6.08 Å². The number of nitrogens with one attached hydrogen (secondary N) is 1. The maximum absolute atomic E-state index is 14.6. The van der Waals surface area contributed by atoms with E-state index in [9.17, 15) is 18.8 Å². The largest absolute Gasteiger partial charge is 0.357 e. The van der Waals surface area contributed by atoms with Crippen LogP contribution in [0.3, 0.4) is 0 Å². The van der Waals surface area contributed by atoms with Crippen molar-refractivity contribution in [2.24, 2.45) is 11.8 Å². The van der Waals surface area contributed by atoms with E-state index in [0.29, 0.717) is 5.69 Å². The third-order valence-corrected chi connectivity index (χ3v) is 6.86. The van der Waals surface area contributed by atoms with Crippen LogP contribution in [0.4, 0.5) is 15.8 Å². The Morgan fingerprint density at radius 1 is 0.824 bits per heavy atom. The summed E-state index contributed by atoms with van der Waals surface area (Å²) in [5.74, 6) is -3.86. The Balaban J connectivity index is 1.46. The molecule has 0 aromatic heterocycles. The van der Waals surface area contributed by atoms with Gasteiger partial charge in [-0.1, -0.05) is 54.6 Å². The minimum Gasteiger partial charge on any atom is -0.357 e. The summed E-state index contributed by atoms with van der Waals surface area (Å²) >= 11 is 0. The minimum atomic E-state index is -0.948. The molecule has 3 aromatic carbocycles. The number of nitrogens with zero attached hydrogens (tertiary/aromatic N) is 2. The van der Waals surface area contributed by atoms with Gasteiger partial charge in [-0.25, -0.2) is 9.29 Å². The number of fused-ring (bicyclic) bond motifs is 5. The van der Waals surface area contributed by atoms with Crippen LogP contribution in [-0.4, -0.2) is 28.7 Å². The monoisotopic (exact) mass is 453 g/mol. The van der Waals surface area contributed by atoms with E-state index in [0.717, 1.165) is 16.0 Å². The van der Waals surface area contributed by atoms with Crippen molar-refractivity contribution >= 4 is 35.2 Å². The van der Waals surface area contributed by atoms with E-state index in [1.807, 2.05) is 41.3 Å². The normalized spacial score (nSPS) is 24.6. The van der Waals surface area contributed by atoms with Gasteiger partial charge in [-0.05, 0) is 41.5 Å². The predicted molar refractivity (Wildman–Crippen MR) is 125 cm³/mol. The lowest BCUT2D eigenvalue weighted by Gasteiger charge is -2.35. The third kappa shape index (κ3) is 2.90. The van der Waals surface area contributed by atoms with Crippen molar-refractivity contribution in [3.05, 3.63) is 102 Å².